The lowest BCUT2D eigenvalue weighted by molar-refractivity contribution is 0.480. The second kappa shape index (κ2) is 11.5. The van der Waals surface area contributed by atoms with Crippen LogP contribution in [0.3, 0.4) is 0 Å². The highest BCUT2D eigenvalue weighted by Crippen LogP contribution is 2.34. The maximum absolute atomic E-state index is 6.42. The van der Waals surface area contributed by atoms with Crippen LogP contribution in [-0.4, -0.2) is 6.54 Å². The summed E-state index contributed by atoms with van der Waals surface area (Å²) in [6.07, 6.45) is 12.2. The Morgan fingerprint density at radius 2 is 1.67 bits per heavy atom. The molecule has 1 aromatic rings. The Hall–Kier alpha value is -0.0500. The van der Waals surface area contributed by atoms with Gasteiger partial charge in [0.05, 0.1) is 5.02 Å². The molecule has 1 rings (SSSR count). The van der Waals surface area contributed by atoms with Gasteiger partial charge in [-0.2, -0.15) is 0 Å². The number of rotatable bonds is 12. The van der Waals surface area contributed by atoms with Crippen molar-refractivity contribution in [2.75, 3.05) is 6.54 Å². The van der Waals surface area contributed by atoms with E-state index in [0.717, 1.165) is 11.6 Å². The van der Waals surface area contributed by atoms with Crippen molar-refractivity contribution in [3.63, 3.8) is 0 Å². The van der Waals surface area contributed by atoms with E-state index in [9.17, 15) is 0 Å². The molecule has 0 radical (unpaired) electrons. The number of thiophene rings is 1. The van der Waals surface area contributed by atoms with Crippen molar-refractivity contribution in [1.29, 1.82) is 0 Å². The molecule has 0 saturated heterocycles. The molecule has 122 valence electrons. The van der Waals surface area contributed by atoms with Gasteiger partial charge in [-0.25, -0.2) is 0 Å². The SMILES string of the molecule is CCCCCCCCCCC(NCC)c1scc(C)c1Cl. The molecule has 1 heterocycles. The van der Waals surface area contributed by atoms with Crippen LogP contribution in [-0.2, 0) is 0 Å². The first kappa shape index (κ1) is 19.0. The predicted octanol–water partition coefficient (Wildman–Crippen LogP) is 6.89. The smallest absolute Gasteiger partial charge is 0.0590 e. The fourth-order valence-electron chi connectivity index (χ4n) is 2.74. The minimum Gasteiger partial charge on any atom is -0.309 e. The molecule has 21 heavy (non-hydrogen) atoms. The molecule has 1 unspecified atom stereocenters. The number of aryl methyl sites for hydroxylation is 1. The van der Waals surface area contributed by atoms with Gasteiger partial charge in [0.1, 0.15) is 0 Å². The van der Waals surface area contributed by atoms with Crippen molar-refractivity contribution in [3.8, 4) is 0 Å². The Morgan fingerprint density at radius 3 is 2.19 bits per heavy atom. The standard InChI is InChI=1S/C18H32ClNS/c1-4-6-7-8-9-10-11-12-13-16(20-5-2)18-17(19)15(3)14-21-18/h14,16,20H,4-13H2,1-3H3. The average Bonchev–Trinajstić information content (AvgIpc) is 2.81. The molecule has 0 amide bonds. The first-order valence-electron chi connectivity index (χ1n) is 8.67. The summed E-state index contributed by atoms with van der Waals surface area (Å²) >= 11 is 8.23. The van der Waals surface area contributed by atoms with E-state index in [0.29, 0.717) is 6.04 Å². The number of nitrogens with one attached hydrogen (secondary N) is 1. The van der Waals surface area contributed by atoms with Crippen molar-refractivity contribution < 1.29 is 0 Å². The first-order chi connectivity index (χ1) is 10.2. The summed E-state index contributed by atoms with van der Waals surface area (Å²) < 4.78 is 0. The molecule has 1 atom stereocenters. The summed E-state index contributed by atoms with van der Waals surface area (Å²) in [6.45, 7) is 7.56. The fourth-order valence-corrected chi connectivity index (χ4v) is 4.18. The number of hydrogen-bond acceptors (Lipinski definition) is 2. The van der Waals surface area contributed by atoms with E-state index in [-0.39, 0.29) is 0 Å². The minimum atomic E-state index is 0.446. The van der Waals surface area contributed by atoms with E-state index in [1.165, 1.54) is 68.2 Å². The summed E-state index contributed by atoms with van der Waals surface area (Å²) in [7, 11) is 0. The third-order valence-electron chi connectivity index (χ3n) is 4.04. The van der Waals surface area contributed by atoms with Crippen molar-refractivity contribution in [3.05, 3.63) is 20.8 Å². The van der Waals surface area contributed by atoms with Crippen LogP contribution in [0.2, 0.25) is 5.02 Å². The summed E-state index contributed by atoms with van der Waals surface area (Å²) in [6, 6.07) is 0.446. The van der Waals surface area contributed by atoms with Gasteiger partial charge in [0, 0.05) is 10.9 Å². The monoisotopic (exact) mass is 329 g/mol. The lowest BCUT2D eigenvalue weighted by Crippen LogP contribution is -2.20. The van der Waals surface area contributed by atoms with Gasteiger partial charge in [0.2, 0.25) is 0 Å². The lowest BCUT2D eigenvalue weighted by Gasteiger charge is -2.17. The van der Waals surface area contributed by atoms with Crippen LogP contribution in [0.15, 0.2) is 5.38 Å². The van der Waals surface area contributed by atoms with Crippen molar-refractivity contribution in [2.45, 2.75) is 84.6 Å². The van der Waals surface area contributed by atoms with Gasteiger partial charge >= 0.3 is 0 Å². The van der Waals surface area contributed by atoms with Gasteiger partial charge in [0.15, 0.2) is 0 Å². The number of unbranched alkanes of at least 4 members (excludes halogenated alkanes) is 7. The van der Waals surface area contributed by atoms with Gasteiger partial charge in [-0.15, -0.1) is 11.3 Å². The van der Waals surface area contributed by atoms with Crippen LogP contribution in [0, 0.1) is 6.92 Å². The van der Waals surface area contributed by atoms with Gasteiger partial charge < -0.3 is 5.32 Å². The molecule has 1 N–H and O–H groups in total. The van der Waals surface area contributed by atoms with Crippen LogP contribution in [0.1, 0.15) is 88.1 Å². The van der Waals surface area contributed by atoms with Gasteiger partial charge in [-0.05, 0) is 30.8 Å². The van der Waals surface area contributed by atoms with E-state index in [2.05, 4.69) is 31.5 Å². The third kappa shape index (κ3) is 7.17. The predicted molar refractivity (Wildman–Crippen MR) is 97.7 cm³/mol. The zero-order valence-electron chi connectivity index (χ0n) is 14.0. The third-order valence-corrected chi connectivity index (χ3v) is 5.87. The van der Waals surface area contributed by atoms with E-state index < -0.39 is 0 Å². The Morgan fingerprint density at radius 1 is 1.05 bits per heavy atom. The zero-order valence-corrected chi connectivity index (χ0v) is 15.6. The molecular formula is C18H32ClNS. The quantitative estimate of drug-likeness (QED) is 0.411. The van der Waals surface area contributed by atoms with Gasteiger partial charge in [-0.1, -0.05) is 76.8 Å². The number of halogens is 1. The molecule has 0 fully saturated rings. The zero-order chi connectivity index (χ0) is 15.5. The molecular weight excluding hydrogens is 298 g/mol. The second-order valence-electron chi connectivity index (χ2n) is 5.97. The molecule has 0 bridgehead atoms. The first-order valence-corrected chi connectivity index (χ1v) is 9.93. The Balaban J connectivity index is 2.24. The summed E-state index contributed by atoms with van der Waals surface area (Å²) in [5.74, 6) is 0. The van der Waals surface area contributed by atoms with Crippen LogP contribution < -0.4 is 5.32 Å². The van der Waals surface area contributed by atoms with E-state index in [4.69, 9.17) is 11.6 Å². The Bertz CT molecular complexity index is 375. The maximum Gasteiger partial charge on any atom is 0.0590 e. The largest absolute Gasteiger partial charge is 0.309 e. The van der Waals surface area contributed by atoms with Crippen LogP contribution >= 0.6 is 22.9 Å². The van der Waals surface area contributed by atoms with Gasteiger partial charge in [0.25, 0.3) is 0 Å². The molecule has 0 aliphatic carbocycles. The fraction of sp³-hybridized carbons (Fsp3) is 0.778. The average molecular weight is 330 g/mol. The molecule has 1 aromatic heterocycles. The molecule has 1 nitrogen and oxygen atoms in total. The van der Waals surface area contributed by atoms with E-state index in [1.54, 1.807) is 0 Å². The highest BCUT2D eigenvalue weighted by atomic mass is 35.5. The normalized spacial score (nSPS) is 12.8. The number of hydrogen-bond donors (Lipinski definition) is 1. The van der Waals surface area contributed by atoms with Crippen LogP contribution in [0.4, 0.5) is 0 Å². The molecule has 0 saturated carbocycles. The molecule has 0 spiro atoms. The Labute approximate surface area is 140 Å². The van der Waals surface area contributed by atoms with E-state index in [1.807, 2.05) is 11.3 Å². The maximum atomic E-state index is 6.42. The van der Waals surface area contributed by atoms with Crippen molar-refractivity contribution in [1.82, 2.24) is 5.32 Å². The molecule has 3 heteroatoms. The molecule has 0 aliphatic rings. The van der Waals surface area contributed by atoms with Gasteiger partial charge in [-0.3, -0.25) is 0 Å². The van der Waals surface area contributed by atoms with Crippen LogP contribution in [0.25, 0.3) is 0 Å². The molecule has 0 aliphatic heterocycles. The lowest BCUT2D eigenvalue weighted by atomic mass is 10.0. The Kier molecular flexibility index (Phi) is 10.4. The summed E-state index contributed by atoms with van der Waals surface area (Å²) in [4.78, 5) is 1.33. The summed E-state index contributed by atoms with van der Waals surface area (Å²) in [5.41, 5.74) is 1.22. The van der Waals surface area contributed by atoms with E-state index >= 15 is 0 Å². The minimum absolute atomic E-state index is 0.446. The van der Waals surface area contributed by atoms with Crippen LogP contribution in [0.5, 0.6) is 0 Å². The highest BCUT2D eigenvalue weighted by molar-refractivity contribution is 7.10. The van der Waals surface area contributed by atoms with Crippen molar-refractivity contribution in [2.24, 2.45) is 0 Å². The highest BCUT2D eigenvalue weighted by Gasteiger charge is 2.16. The second-order valence-corrected chi connectivity index (χ2v) is 7.26. The topological polar surface area (TPSA) is 12.0 Å². The van der Waals surface area contributed by atoms with Crippen molar-refractivity contribution >= 4 is 22.9 Å². The molecule has 0 aromatic carbocycles. The summed E-state index contributed by atoms with van der Waals surface area (Å²) in [5, 5.41) is 6.75.